The first kappa shape index (κ1) is 14.6. The molecule has 106 valence electrons. The minimum absolute atomic E-state index is 0.0956. The maximum absolute atomic E-state index is 12.3. The van der Waals surface area contributed by atoms with Crippen LogP contribution in [0.4, 0.5) is 0 Å². The highest BCUT2D eigenvalue weighted by Gasteiger charge is 2.19. The summed E-state index contributed by atoms with van der Waals surface area (Å²) in [6.45, 7) is 2.23. The van der Waals surface area contributed by atoms with Gasteiger partial charge in [-0.15, -0.1) is 0 Å². The van der Waals surface area contributed by atoms with Gasteiger partial charge in [-0.25, -0.2) is 0 Å². The van der Waals surface area contributed by atoms with Crippen LogP contribution in [-0.4, -0.2) is 28.3 Å². The van der Waals surface area contributed by atoms with Gasteiger partial charge in [0, 0.05) is 31.4 Å². The minimum Gasteiger partial charge on any atom is -0.348 e. The average molecular weight is 293 g/mol. The Morgan fingerprint density at radius 1 is 1.50 bits per heavy atom. The topological polar surface area (TPSA) is 72.9 Å². The number of carbonyl (C=O) groups is 1. The van der Waals surface area contributed by atoms with Gasteiger partial charge in [-0.3, -0.25) is 9.48 Å². The number of nitrogens with zero attached hydrogens (tertiary/aromatic N) is 2. The zero-order chi connectivity index (χ0) is 14.7. The van der Waals surface area contributed by atoms with E-state index in [2.05, 4.69) is 10.4 Å². The molecule has 0 unspecified atom stereocenters. The van der Waals surface area contributed by atoms with Crippen molar-refractivity contribution in [3.63, 3.8) is 0 Å². The Hall–Kier alpha value is -1.85. The van der Waals surface area contributed by atoms with Crippen molar-refractivity contribution in [1.82, 2.24) is 15.1 Å². The van der Waals surface area contributed by atoms with Crippen LogP contribution in [-0.2, 0) is 7.05 Å². The molecule has 0 aliphatic carbocycles. The third kappa shape index (κ3) is 3.00. The predicted octanol–water partition coefficient (Wildman–Crippen LogP) is 1.82. The lowest BCUT2D eigenvalue weighted by Crippen LogP contribution is -2.37. The number of hydrogen-bond donors (Lipinski definition) is 2. The van der Waals surface area contributed by atoms with Crippen molar-refractivity contribution in [2.75, 3.05) is 6.54 Å². The van der Waals surface area contributed by atoms with Gasteiger partial charge in [-0.05, 0) is 13.0 Å². The Balaban J connectivity index is 2.41. The molecule has 0 saturated heterocycles. The number of aryl methyl sites for hydroxylation is 1. The largest absolute Gasteiger partial charge is 0.348 e. The SMILES string of the molecule is C[C@@H](CN)NC(=O)c1cn(C)nc1-c1ccccc1Cl. The minimum atomic E-state index is -0.203. The number of carbonyl (C=O) groups excluding carboxylic acids is 1. The molecule has 0 aliphatic heterocycles. The Kier molecular flexibility index (Phi) is 4.42. The van der Waals surface area contributed by atoms with E-state index in [0.717, 1.165) is 5.56 Å². The Morgan fingerprint density at radius 3 is 2.85 bits per heavy atom. The van der Waals surface area contributed by atoms with Crippen molar-refractivity contribution < 1.29 is 4.79 Å². The van der Waals surface area contributed by atoms with Gasteiger partial charge >= 0.3 is 0 Å². The van der Waals surface area contributed by atoms with Gasteiger partial charge in [-0.2, -0.15) is 5.10 Å². The zero-order valence-corrected chi connectivity index (χ0v) is 12.2. The normalized spacial score (nSPS) is 12.2. The van der Waals surface area contributed by atoms with E-state index in [1.54, 1.807) is 24.0 Å². The number of nitrogens with one attached hydrogen (secondary N) is 1. The predicted molar refractivity (Wildman–Crippen MR) is 79.6 cm³/mol. The van der Waals surface area contributed by atoms with Gasteiger partial charge in [-0.1, -0.05) is 29.8 Å². The molecule has 0 aliphatic rings. The molecule has 0 fully saturated rings. The van der Waals surface area contributed by atoms with Gasteiger partial charge in [0.1, 0.15) is 5.69 Å². The maximum Gasteiger partial charge on any atom is 0.255 e. The molecule has 1 aromatic carbocycles. The van der Waals surface area contributed by atoms with Crippen LogP contribution in [0.1, 0.15) is 17.3 Å². The van der Waals surface area contributed by atoms with E-state index in [1.807, 2.05) is 25.1 Å². The molecule has 5 nitrogen and oxygen atoms in total. The first-order chi connectivity index (χ1) is 9.52. The summed E-state index contributed by atoms with van der Waals surface area (Å²) in [6.07, 6.45) is 1.68. The standard InChI is InChI=1S/C14H17ClN4O/c1-9(7-16)17-14(20)11-8-19(2)18-13(11)10-5-3-4-6-12(10)15/h3-6,8-9H,7,16H2,1-2H3,(H,17,20)/t9-/m0/s1. The van der Waals surface area contributed by atoms with Crippen molar-refractivity contribution >= 4 is 17.5 Å². The maximum atomic E-state index is 12.3. The van der Waals surface area contributed by atoms with Crippen LogP contribution < -0.4 is 11.1 Å². The third-order valence-electron chi connectivity index (χ3n) is 2.93. The summed E-state index contributed by atoms with van der Waals surface area (Å²) < 4.78 is 1.60. The number of nitrogens with two attached hydrogens (primary N) is 1. The fourth-order valence-corrected chi connectivity index (χ4v) is 2.09. The number of aromatic nitrogens is 2. The van der Waals surface area contributed by atoms with Crippen molar-refractivity contribution in [3.05, 3.63) is 41.0 Å². The van der Waals surface area contributed by atoms with E-state index >= 15 is 0 Å². The molecule has 0 radical (unpaired) electrons. The number of rotatable bonds is 4. The molecular formula is C14H17ClN4O. The first-order valence-corrected chi connectivity index (χ1v) is 6.70. The van der Waals surface area contributed by atoms with Crippen LogP contribution in [0.5, 0.6) is 0 Å². The zero-order valence-electron chi connectivity index (χ0n) is 11.4. The fraction of sp³-hybridized carbons (Fsp3) is 0.286. The summed E-state index contributed by atoms with van der Waals surface area (Å²) in [4.78, 5) is 12.3. The van der Waals surface area contributed by atoms with E-state index in [0.29, 0.717) is 22.8 Å². The lowest BCUT2D eigenvalue weighted by atomic mass is 10.1. The van der Waals surface area contributed by atoms with E-state index in [-0.39, 0.29) is 11.9 Å². The Bertz CT molecular complexity index is 623. The van der Waals surface area contributed by atoms with Crippen molar-refractivity contribution in [3.8, 4) is 11.3 Å². The molecule has 6 heteroatoms. The highest BCUT2D eigenvalue weighted by molar-refractivity contribution is 6.33. The van der Waals surface area contributed by atoms with Crippen molar-refractivity contribution in [2.45, 2.75) is 13.0 Å². The van der Waals surface area contributed by atoms with E-state index in [4.69, 9.17) is 17.3 Å². The second-order valence-electron chi connectivity index (χ2n) is 4.66. The number of benzene rings is 1. The Morgan fingerprint density at radius 2 is 2.20 bits per heavy atom. The summed E-state index contributed by atoms with van der Waals surface area (Å²) in [5, 5.41) is 7.73. The molecule has 2 aromatic rings. The summed E-state index contributed by atoms with van der Waals surface area (Å²) in [5.41, 5.74) is 7.31. The lowest BCUT2D eigenvalue weighted by molar-refractivity contribution is 0.0942. The van der Waals surface area contributed by atoms with Crippen molar-refractivity contribution in [1.29, 1.82) is 0 Å². The van der Waals surface area contributed by atoms with Gasteiger partial charge in [0.2, 0.25) is 0 Å². The summed E-state index contributed by atoms with van der Waals surface area (Å²) in [5.74, 6) is -0.203. The van der Waals surface area contributed by atoms with Crippen LogP contribution in [0, 0.1) is 0 Å². The summed E-state index contributed by atoms with van der Waals surface area (Å²) in [7, 11) is 1.77. The molecule has 1 amide bonds. The van der Waals surface area contributed by atoms with Gasteiger partial charge < -0.3 is 11.1 Å². The van der Waals surface area contributed by atoms with E-state index < -0.39 is 0 Å². The lowest BCUT2D eigenvalue weighted by Gasteiger charge is -2.11. The molecule has 2 rings (SSSR count). The molecule has 0 spiro atoms. The van der Waals surface area contributed by atoms with Gasteiger partial charge in [0.25, 0.3) is 5.91 Å². The van der Waals surface area contributed by atoms with Gasteiger partial charge in [0.05, 0.1) is 10.6 Å². The molecule has 1 aromatic heterocycles. The fourth-order valence-electron chi connectivity index (χ4n) is 1.87. The molecule has 3 N–H and O–H groups in total. The number of hydrogen-bond acceptors (Lipinski definition) is 3. The second kappa shape index (κ2) is 6.07. The van der Waals surface area contributed by atoms with Crippen LogP contribution in [0.25, 0.3) is 11.3 Å². The third-order valence-corrected chi connectivity index (χ3v) is 3.26. The van der Waals surface area contributed by atoms with Crippen LogP contribution in [0.2, 0.25) is 5.02 Å². The molecule has 0 bridgehead atoms. The monoisotopic (exact) mass is 292 g/mol. The molecule has 0 saturated carbocycles. The molecule has 20 heavy (non-hydrogen) atoms. The van der Waals surface area contributed by atoms with Gasteiger partial charge in [0.15, 0.2) is 0 Å². The molecular weight excluding hydrogens is 276 g/mol. The highest BCUT2D eigenvalue weighted by atomic mass is 35.5. The van der Waals surface area contributed by atoms with E-state index in [9.17, 15) is 4.79 Å². The summed E-state index contributed by atoms with van der Waals surface area (Å²) in [6, 6.07) is 7.22. The molecule has 1 atom stereocenters. The Labute approximate surface area is 122 Å². The van der Waals surface area contributed by atoms with Crippen molar-refractivity contribution in [2.24, 2.45) is 12.8 Å². The summed E-state index contributed by atoms with van der Waals surface area (Å²) >= 11 is 6.18. The van der Waals surface area contributed by atoms with Crippen LogP contribution >= 0.6 is 11.6 Å². The number of halogens is 1. The van der Waals surface area contributed by atoms with Crippen LogP contribution in [0.3, 0.4) is 0 Å². The second-order valence-corrected chi connectivity index (χ2v) is 5.06. The quantitative estimate of drug-likeness (QED) is 0.903. The highest BCUT2D eigenvalue weighted by Crippen LogP contribution is 2.28. The first-order valence-electron chi connectivity index (χ1n) is 6.32. The molecule has 1 heterocycles. The van der Waals surface area contributed by atoms with E-state index in [1.165, 1.54) is 0 Å². The van der Waals surface area contributed by atoms with Crippen LogP contribution in [0.15, 0.2) is 30.5 Å². The smallest absolute Gasteiger partial charge is 0.255 e. The average Bonchev–Trinajstić information content (AvgIpc) is 2.81. The number of amides is 1.